The number of rotatable bonds is 2. The summed E-state index contributed by atoms with van der Waals surface area (Å²) < 4.78 is 18.2. The second kappa shape index (κ2) is 6.84. The standard InChI is InChI=1S/C27H38O6/c1-15(28)32-21-22(24(2)10-9-20(30)31-14-24)26(4)12-8-18-19(27(26)23(21)33-27)6-5-16-13-17(29)7-11-25(16,18)3/h9-10,16-19,21-23,29H,5-8,11-14H2,1-4H3/t16-,17+,18+,19-,21-,22-,23-,24?,25+,26-,27-/m1/s1. The minimum Gasteiger partial charge on any atom is -0.462 e. The Kier molecular flexibility index (Phi) is 4.58. The Hall–Kier alpha value is -1.40. The molecule has 4 aliphatic carbocycles. The van der Waals surface area contributed by atoms with Crippen LogP contribution in [0.15, 0.2) is 12.2 Å². The highest BCUT2D eigenvalue weighted by atomic mass is 16.7. The lowest BCUT2D eigenvalue weighted by atomic mass is 9.43. The molecule has 5 fully saturated rings. The van der Waals surface area contributed by atoms with E-state index in [2.05, 4.69) is 20.8 Å². The molecule has 0 bridgehead atoms. The number of aliphatic hydroxyl groups is 1. The van der Waals surface area contributed by atoms with E-state index < -0.39 is 5.41 Å². The number of aliphatic hydroxyl groups excluding tert-OH is 1. The normalized spacial score (nSPS) is 56.6. The SMILES string of the molecule is CC(=O)O[C@H]1[C@H]2O[C@]23[C@@H]2CC[C@@H]4C[C@@H](O)CC[C@]4(C)[C@H]2CC[C@]3(C)[C@H]1C1(C)C=CC(=O)OC1. The predicted octanol–water partition coefficient (Wildman–Crippen LogP) is 3.80. The van der Waals surface area contributed by atoms with Crippen molar-refractivity contribution in [1.29, 1.82) is 0 Å². The molecule has 6 heteroatoms. The summed E-state index contributed by atoms with van der Waals surface area (Å²) in [4.78, 5) is 24.0. The average Bonchev–Trinajstić information content (AvgIpc) is 3.45. The Bertz CT molecular complexity index is 914. The molecule has 2 heterocycles. The number of ether oxygens (including phenoxy) is 3. The van der Waals surface area contributed by atoms with Crippen LogP contribution in [0.1, 0.15) is 72.6 Å². The van der Waals surface area contributed by atoms with Gasteiger partial charge < -0.3 is 19.3 Å². The highest BCUT2D eigenvalue weighted by Gasteiger charge is 2.86. The fourth-order valence-electron chi connectivity index (χ4n) is 9.87. The molecule has 1 unspecified atom stereocenters. The lowest BCUT2D eigenvalue weighted by Crippen LogP contribution is -2.60. The molecular formula is C27H38O6. The Morgan fingerprint density at radius 3 is 2.61 bits per heavy atom. The monoisotopic (exact) mass is 458 g/mol. The third kappa shape index (κ3) is 2.74. The smallest absolute Gasteiger partial charge is 0.330 e. The minimum absolute atomic E-state index is 0.0386. The van der Waals surface area contributed by atoms with E-state index in [1.54, 1.807) is 6.08 Å². The number of cyclic esters (lactones) is 1. The van der Waals surface area contributed by atoms with Gasteiger partial charge in [-0.3, -0.25) is 4.79 Å². The first-order valence-corrected chi connectivity index (χ1v) is 12.9. The maximum absolute atomic E-state index is 12.2. The van der Waals surface area contributed by atoms with E-state index in [-0.39, 0.29) is 52.6 Å². The van der Waals surface area contributed by atoms with Gasteiger partial charge in [0.1, 0.15) is 24.4 Å². The van der Waals surface area contributed by atoms with Gasteiger partial charge in [-0.25, -0.2) is 4.79 Å². The van der Waals surface area contributed by atoms with Crippen LogP contribution in [0.5, 0.6) is 0 Å². The molecule has 1 spiro atoms. The van der Waals surface area contributed by atoms with Crippen LogP contribution >= 0.6 is 0 Å². The molecule has 6 nitrogen and oxygen atoms in total. The van der Waals surface area contributed by atoms with Crippen molar-refractivity contribution in [3.8, 4) is 0 Å². The van der Waals surface area contributed by atoms with Gasteiger partial charge in [-0.05, 0) is 68.1 Å². The first-order valence-electron chi connectivity index (χ1n) is 12.9. The van der Waals surface area contributed by atoms with Gasteiger partial charge in [-0.1, -0.05) is 26.8 Å². The summed E-state index contributed by atoms with van der Waals surface area (Å²) in [6, 6.07) is 0. The molecular weight excluding hydrogens is 420 g/mol. The van der Waals surface area contributed by atoms with E-state index in [0.29, 0.717) is 24.4 Å². The molecule has 0 aromatic rings. The van der Waals surface area contributed by atoms with Gasteiger partial charge in [-0.15, -0.1) is 0 Å². The Balaban J connectivity index is 1.40. The molecule has 0 aromatic carbocycles. The molecule has 6 aliphatic rings. The Morgan fingerprint density at radius 2 is 1.91 bits per heavy atom. The number of carbonyl (C=O) groups is 2. The van der Waals surface area contributed by atoms with Gasteiger partial charge in [0.2, 0.25) is 0 Å². The fourth-order valence-corrected chi connectivity index (χ4v) is 9.87. The minimum atomic E-state index is -0.393. The molecule has 1 N–H and O–H groups in total. The summed E-state index contributed by atoms with van der Waals surface area (Å²) >= 11 is 0. The molecule has 6 rings (SSSR count). The van der Waals surface area contributed by atoms with Crippen molar-refractivity contribution < 1.29 is 28.9 Å². The zero-order chi connectivity index (χ0) is 23.4. The molecule has 1 saturated heterocycles. The second-order valence-corrected chi connectivity index (χ2v) is 12.7. The molecule has 0 radical (unpaired) electrons. The van der Waals surface area contributed by atoms with Crippen LogP contribution in [-0.4, -0.2) is 47.6 Å². The average molecular weight is 459 g/mol. The van der Waals surface area contributed by atoms with E-state index in [1.165, 1.54) is 6.92 Å². The van der Waals surface area contributed by atoms with E-state index in [9.17, 15) is 14.7 Å². The molecule has 0 amide bonds. The topological polar surface area (TPSA) is 85.4 Å². The summed E-state index contributed by atoms with van der Waals surface area (Å²) in [5, 5.41) is 10.3. The van der Waals surface area contributed by atoms with Crippen molar-refractivity contribution in [2.24, 2.45) is 39.9 Å². The number of hydrogen-bond acceptors (Lipinski definition) is 6. The van der Waals surface area contributed by atoms with Crippen LogP contribution in [0.3, 0.4) is 0 Å². The third-order valence-electron chi connectivity index (χ3n) is 11.2. The maximum atomic E-state index is 12.2. The van der Waals surface area contributed by atoms with Crippen LogP contribution in [0, 0.1) is 39.9 Å². The highest BCUT2D eigenvalue weighted by Crippen LogP contribution is 2.78. The number of hydrogen-bond donors (Lipinski definition) is 1. The maximum Gasteiger partial charge on any atom is 0.330 e. The van der Waals surface area contributed by atoms with Gasteiger partial charge >= 0.3 is 11.9 Å². The van der Waals surface area contributed by atoms with E-state index >= 15 is 0 Å². The molecule has 182 valence electrons. The number of esters is 2. The van der Waals surface area contributed by atoms with Crippen molar-refractivity contribution in [3.05, 3.63) is 12.2 Å². The van der Waals surface area contributed by atoms with Crippen molar-refractivity contribution >= 4 is 11.9 Å². The second-order valence-electron chi connectivity index (χ2n) is 12.7. The largest absolute Gasteiger partial charge is 0.462 e. The van der Waals surface area contributed by atoms with E-state index in [4.69, 9.17) is 14.2 Å². The summed E-state index contributed by atoms with van der Waals surface area (Å²) in [7, 11) is 0. The summed E-state index contributed by atoms with van der Waals surface area (Å²) in [5.74, 6) is 1.07. The molecule has 4 saturated carbocycles. The lowest BCUT2D eigenvalue weighted by molar-refractivity contribution is -0.184. The van der Waals surface area contributed by atoms with Crippen LogP contribution in [0.2, 0.25) is 0 Å². The van der Waals surface area contributed by atoms with Gasteiger partial charge in [0.25, 0.3) is 0 Å². The van der Waals surface area contributed by atoms with Crippen molar-refractivity contribution in [2.75, 3.05) is 6.61 Å². The molecule has 2 aliphatic heterocycles. The number of epoxide rings is 1. The molecule has 0 aromatic heterocycles. The highest BCUT2D eigenvalue weighted by molar-refractivity contribution is 5.83. The van der Waals surface area contributed by atoms with Crippen LogP contribution < -0.4 is 0 Å². The lowest BCUT2D eigenvalue weighted by Gasteiger charge is -2.61. The quantitative estimate of drug-likeness (QED) is 0.500. The molecule has 11 atom stereocenters. The van der Waals surface area contributed by atoms with Crippen LogP contribution in [0.4, 0.5) is 0 Å². The number of carbonyl (C=O) groups excluding carboxylic acids is 2. The predicted molar refractivity (Wildman–Crippen MR) is 120 cm³/mol. The fraction of sp³-hybridized carbons (Fsp3) is 0.852. The van der Waals surface area contributed by atoms with Crippen LogP contribution in [0.25, 0.3) is 0 Å². The van der Waals surface area contributed by atoms with Crippen LogP contribution in [-0.2, 0) is 23.8 Å². The van der Waals surface area contributed by atoms with Crippen molar-refractivity contribution in [1.82, 2.24) is 0 Å². The third-order valence-corrected chi connectivity index (χ3v) is 11.2. The summed E-state index contributed by atoms with van der Waals surface area (Å²) in [6.45, 7) is 8.77. The van der Waals surface area contributed by atoms with Crippen molar-refractivity contribution in [3.63, 3.8) is 0 Å². The zero-order valence-corrected chi connectivity index (χ0v) is 20.3. The Morgan fingerprint density at radius 1 is 1.12 bits per heavy atom. The van der Waals surface area contributed by atoms with Gasteiger partial charge in [0.15, 0.2) is 0 Å². The Labute approximate surface area is 196 Å². The van der Waals surface area contributed by atoms with E-state index in [1.807, 2.05) is 6.08 Å². The van der Waals surface area contributed by atoms with Gasteiger partial charge in [0.05, 0.1) is 6.10 Å². The zero-order valence-electron chi connectivity index (χ0n) is 20.3. The van der Waals surface area contributed by atoms with E-state index in [0.717, 1.165) is 44.9 Å². The van der Waals surface area contributed by atoms with Gasteiger partial charge in [0, 0.05) is 29.7 Å². The van der Waals surface area contributed by atoms with Gasteiger partial charge in [-0.2, -0.15) is 0 Å². The summed E-state index contributed by atoms with van der Waals surface area (Å²) in [5.41, 5.74) is -0.578. The first kappa shape index (κ1) is 22.1. The summed E-state index contributed by atoms with van der Waals surface area (Å²) in [6.07, 6.45) is 10.3. The molecule has 33 heavy (non-hydrogen) atoms. The first-order chi connectivity index (χ1) is 15.5. The number of fused-ring (bicyclic) bond motifs is 3. The van der Waals surface area contributed by atoms with Crippen molar-refractivity contribution in [2.45, 2.75) is 96.6 Å².